The van der Waals surface area contributed by atoms with Gasteiger partial charge in [0.25, 0.3) is 0 Å². The summed E-state index contributed by atoms with van der Waals surface area (Å²) in [5.74, 6) is 1.00. The van der Waals surface area contributed by atoms with Crippen molar-refractivity contribution in [2.75, 3.05) is 0 Å². The summed E-state index contributed by atoms with van der Waals surface area (Å²) in [6, 6.07) is 17.2. The van der Waals surface area contributed by atoms with Crippen LogP contribution in [0.15, 0.2) is 60.9 Å². The number of fused-ring (bicyclic) bond motifs is 2. The summed E-state index contributed by atoms with van der Waals surface area (Å²) >= 11 is 0. The SMILES string of the molecule is Cc1cc(C)c(C)c(-c2cnc3ccc(C(C)C)nc3[n+]2C)c1.Cc1cc(C)c(C)c(-c2cnc3ccc(CC(C)C)nc3[n+]2C)c1. The molecule has 0 fully saturated rings. The van der Waals surface area contributed by atoms with Crippen LogP contribution in [0, 0.1) is 47.5 Å². The van der Waals surface area contributed by atoms with Gasteiger partial charge < -0.3 is 0 Å². The quantitative estimate of drug-likeness (QED) is 0.180. The van der Waals surface area contributed by atoms with Crippen LogP contribution in [0.25, 0.3) is 44.8 Å². The van der Waals surface area contributed by atoms with E-state index in [-0.39, 0.29) is 0 Å². The molecule has 0 N–H and O–H groups in total. The molecule has 6 nitrogen and oxygen atoms in total. The fourth-order valence-electron chi connectivity index (χ4n) is 6.26. The number of hydrogen-bond donors (Lipinski definition) is 0. The zero-order valence-corrected chi connectivity index (χ0v) is 30.3. The molecule has 242 valence electrons. The van der Waals surface area contributed by atoms with E-state index in [2.05, 4.69) is 151 Å². The van der Waals surface area contributed by atoms with Crippen LogP contribution in [0.1, 0.15) is 78.4 Å². The topological polar surface area (TPSA) is 59.3 Å². The van der Waals surface area contributed by atoms with Gasteiger partial charge in [-0.05, 0) is 116 Å². The summed E-state index contributed by atoms with van der Waals surface area (Å²) in [4.78, 5) is 19.0. The molecule has 6 aromatic rings. The molecule has 0 aliphatic rings. The Morgan fingerprint density at radius 3 is 1.53 bits per heavy atom. The number of aromatic nitrogens is 6. The monoisotopic (exact) mass is 626 g/mol. The van der Waals surface area contributed by atoms with Crippen LogP contribution in [0.2, 0.25) is 0 Å². The molecule has 0 aliphatic heterocycles. The summed E-state index contributed by atoms with van der Waals surface area (Å²) in [6.45, 7) is 21.7. The summed E-state index contributed by atoms with van der Waals surface area (Å²) in [5.41, 5.74) is 18.4. The molecule has 0 saturated heterocycles. The second kappa shape index (κ2) is 13.6. The van der Waals surface area contributed by atoms with Crippen molar-refractivity contribution in [1.29, 1.82) is 0 Å². The molecule has 6 rings (SSSR count). The van der Waals surface area contributed by atoms with Crippen molar-refractivity contribution in [3.8, 4) is 22.5 Å². The standard InChI is InChI=1S/C21H26N3.C20H24N3/c1-13(2)9-17-7-8-19-21(23-17)24(6)20(12-22-19)18-11-14(3)10-15(4)16(18)5;1-12(2)17-7-8-18-20(22-17)23(6)19(11-21-18)16-10-13(3)9-14(4)15(16)5/h7-8,10-13H,9H2,1-6H3;7-12H,1-6H3/q2*+1. The Bertz CT molecular complexity index is 2110. The van der Waals surface area contributed by atoms with Gasteiger partial charge in [0.15, 0.2) is 33.8 Å². The van der Waals surface area contributed by atoms with Crippen LogP contribution < -0.4 is 9.13 Å². The molecule has 0 spiro atoms. The highest BCUT2D eigenvalue weighted by Crippen LogP contribution is 2.27. The molecule has 2 aromatic carbocycles. The van der Waals surface area contributed by atoms with Gasteiger partial charge in [-0.2, -0.15) is 0 Å². The molecular weight excluding hydrogens is 576 g/mol. The highest BCUT2D eigenvalue weighted by Gasteiger charge is 2.20. The van der Waals surface area contributed by atoms with Gasteiger partial charge >= 0.3 is 11.3 Å². The number of pyridine rings is 2. The van der Waals surface area contributed by atoms with Gasteiger partial charge in [-0.15, -0.1) is 0 Å². The number of benzene rings is 2. The molecule has 0 amide bonds. The van der Waals surface area contributed by atoms with Crippen LogP contribution in [0.3, 0.4) is 0 Å². The zero-order valence-electron chi connectivity index (χ0n) is 30.3. The third-order valence-electron chi connectivity index (χ3n) is 9.18. The maximum atomic E-state index is 4.88. The molecule has 0 radical (unpaired) electrons. The lowest BCUT2D eigenvalue weighted by Gasteiger charge is -2.11. The lowest BCUT2D eigenvalue weighted by Crippen LogP contribution is -2.34. The molecule has 0 aliphatic carbocycles. The van der Waals surface area contributed by atoms with E-state index in [9.17, 15) is 0 Å². The molecule has 0 saturated carbocycles. The lowest BCUT2D eigenvalue weighted by atomic mass is 9.98. The van der Waals surface area contributed by atoms with E-state index in [4.69, 9.17) is 9.97 Å². The fraction of sp³-hybridized carbons (Fsp3) is 0.366. The van der Waals surface area contributed by atoms with Crippen LogP contribution in [-0.2, 0) is 20.5 Å². The number of aryl methyl sites for hydroxylation is 6. The first-order valence-electron chi connectivity index (χ1n) is 16.7. The van der Waals surface area contributed by atoms with Gasteiger partial charge in [-0.1, -0.05) is 51.0 Å². The van der Waals surface area contributed by atoms with E-state index in [1.165, 1.54) is 44.5 Å². The second-order valence-corrected chi connectivity index (χ2v) is 13.9. The van der Waals surface area contributed by atoms with Crippen LogP contribution in [0.5, 0.6) is 0 Å². The summed E-state index contributed by atoms with van der Waals surface area (Å²) < 4.78 is 4.34. The van der Waals surface area contributed by atoms with Crippen LogP contribution in [0.4, 0.5) is 0 Å². The Kier molecular flexibility index (Phi) is 9.81. The first-order valence-corrected chi connectivity index (χ1v) is 16.7. The van der Waals surface area contributed by atoms with Crippen molar-refractivity contribution in [3.63, 3.8) is 0 Å². The molecule has 6 heteroatoms. The Morgan fingerprint density at radius 1 is 0.596 bits per heavy atom. The Balaban J connectivity index is 0.000000185. The summed E-state index contributed by atoms with van der Waals surface area (Å²) in [7, 11) is 4.16. The fourth-order valence-corrected chi connectivity index (χ4v) is 6.26. The van der Waals surface area contributed by atoms with Crippen molar-refractivity contribution in [2.24, 2.45) is 20.0 Å². The van der Waals surface area contributed by atoms with Gasteiger partial charge in [-0.3, -0.25) is 0 Å². The van der Waals surface area contributed by atoms with Crippen molar-refractivity contribution < 1.29 is 9.13 Å². The van der Waals surface area contributed by atoms with E-state index in [0.717, 1.165) is 51.5 Å². The highest BCUT2D eigenvalue weighted by molar-refractivity contribution is 5.72. The maximum Gasteiger partial charge on any atom is 0.349 e. The minimum absolute atomic E-state index is 0.408. The van der Waals surface area contributed by atoms with E-state index in [0.29, 0.717) is 11.8 Å². The normalized spacial score (nSPS) is 11.4. The maximum absolute atomic E-state index is 4.88. The third-order valence-corrected chi connectivity index (χ3v) is 9.18. The zero-order chi connectivity index (χ0) is 34.2. The molecule has 0 atom stereocenters. The van der Waals surface area contributed by atoms with Gasteiger partial charge in [0.1, 0.15) is 0 Å². The molecule has 0 bridgehead atoms. The van der Waals surface area contributed by atoms with Gasteiger partial charge in [0.2, 0.25) is 0 Å². The highest BCUT2D eigenvalue weighted by atomic mass is 15.1. The van der Waals surface area contributed by atoms with Crippen molar-refractivity contribution >= 4 is 22.3 Å². The smallest absolute Gasteiger partial charge is 0.244 e. The summed E-state index contributed by atoms with van der Waals surface area (Å²) in [5, 5.41) is 0. The lowest BCUT2D eigenvalue weighted by molar-refractivity contribution is -0.636. The Morgan fingerprint density at radius 2 is 1.06 bits per heavy atom. The van der Waals surface area contributed by atoms with Gasteiger partial charge in [0.05, 0.1) is 26.5 Å². The van der Waals surface area contributed by atoms with E-state index in [1.54, 1.807) is 0 Å². The summed E-state index contributed by atoms with van der Waals surface area (Å²) in [6.07, 6.45) is 4.91. The van der Waals surface area contributed by atoms with Gasteiger partial charge in [0, 0.05) is 23.5 Å². The predicted octanol–water partition coefficient (Wildman–Crippen LogP) is 8.42. The van der Waals surface area contributed by atoms with E-state index < -0.39 is 0 Å². The number of rotatable bonds is 5. The second-order valence-electron chi connectivity index (χ2n) is 13.9. The van der Waals surface area contributed by atoms with Crippen molar-refractivity contribution in [3.05, 3.63) is 106 Å². The molecule has 0 unspecified atom stereocenters. The van der Waals surface area contributed by atoms with Crippen molar-refractivity contribution in [2.45, 2.75) is 81.6 Å². The molecule has 47 heavy (non-hydrogen) atoms. The van der Waals surface area contributed by atoms with Crippen LogP contribution in [-0.4, -0.2) is 19.9 Å². The number of hydrogen-bond acceptors (Lipinski definition) is 4. The Hall–Kier alpha value is -4.58. The molecule has 4 heterocycles. The minimum atomic E-state index is 0.408. The molecular formula is C41H50N6+2. The average Bonchev–Trinajstić information content (AvgIpc) is 3.01. The molecule has 4 aromatic heterocycles. The van der Waals surface area contributed by atoms with E-state index >= 15 is 0 Å². The Labute approximate surface area is 280 Å². The third kappa shape index (κ3) is 7.07. The largest absolute Gasteiger partial charge is 0.349 e. The first kappa shape index (κ1) is 33.8. The predicted molar refractivity (Wildman–Crippen MR) is 193 cm³/mol. The van der Waals surface area contributed by atoms with Gasteiger partial charge in [-0.25, -0.2) is 19.1 Å². The first-order chi connectivity index (χ1) is 22.2. The van der Waals surface area contributed by atoms with E-state index in [1.807, 2.05) is 12.4 Å². The van der Waals surface area contributed by atoms with Crippen LogP contribution >= 0.6 is 0 Å². The number of nitrogens with zero attached hydrogens (tertiary/aromatic N) is 6. The average molecular weight is 627 g/mol. The minimum Gasteiger partial charge on any atom is -0.244 e. The van der Waals surface area contributed by atoms with Crippen molar-refractivity contribution in [1.82, 2.24) is 19.9 Å².